The Morgan fingerprint density at radius 2 is 1.96 bits per heavy atom. The number of imidazole rings is 1. The van der Waals surface area contributed by atoms with E-state index in [-0.39, 0.29) is 0 Å². The average molecular weight is 306 g/mol. The number of carboxylic acid groups (broad SMARTS) is 1. The molecule has 23 heavy (non-hydrogen) atoms. The van der Waals surface area contributed by atoms with E-state index in [9.17, 15) is 4.79 Å². The molecule has 0 spiro atoms. The van der Waals surface area contributed by atoms with Gasteiger partial charge in [0.05, 0.1) is 17.4 Å². The monoisotopic (exact) mass is 306 g/mol. The second-order valence-electron chi connectivity index (χ2n) is 5.79. The van der Waals surface area contributed by atoms with Crippen molar-refractivity contribution in [3.63, 3.8) is 0 Å². The summed E-state index contributed by atoms with van der Waals surface area (Å²) >= 11 is 0. The fourth-order valence-electron chi connectivity index (χ4n) is 2.70. The maximum Gasteiger partial charge on any atom is 0.331 e. The van der Waals surface area contributed by atoms with Gasteiger partial charge < -0.3 is 10.1 Å². The summed E-state index contributed by atoms with van der Waals surface area (Å²) in [6, 6.07) is 10.3. The van der Waals surface area contributed by atoms with E-state index in [0.717, 1.165) is 38.9 Å². The maximum atomic E-state index is 11.0. The van der Waals surface area contributed by atoms with Crippen LogP contribution in [0.5, 0.6) is 0 Å². The molecule has 0 aliphatic carbocycles. The Kier molecular flexibility index (Phi) is 3.74. The number of nitrogens with one attached hydrogen (secondary N) is 1. The van der Waals surface area contributed by atoms with Crippen molar-refractivity contribution < 1.29 is 9.90 Å². The molecule has 0 atom stereocenters. The van der Waals surface area contributed by atoms with Crippen LogP contribution in [0.3, 0.4) is 0 Å². The molecular formula is C19H18N2O2. The predicted molar refractivity (Wildman–Crippen MR) is 92.3 cm³/mol. The Labute approximate surface area is 134 Å². The van der Waals surface area contributed by atoms with E-state index < -0.39 is 5.97 Å². The molecule has 0 saturated heterocycles. The van der Waals surface area contributed by atoms with Crippen molar-refractivity contribution in [3.05, 3.63) is 58.9 Å². The molecular weight excluding hydrogens is 288 g/mol. The highest BCUT2D eigenvalue weighted by Crippen LogP contribution is 2.29. The van der Waals surface area contributed by atoms with Crippen molar-refractivity contribution in [3.8, 4) is 11.1 Å². The number of hydrogen-bond acceptors (Lipinski definition) is 2. The van der Waals surface area contributed by atoms with Gasteiger partial charge in [-0.05, 0) is 66.8 Å². The third-order valence-corrected chi connectivity index (χ3v) is 4.05. The smallest absolute Gasteiger partial charge is 0.331 e. The standard InChI is InChI=1S/C19H18N2O2/c1-11-8-16(12(2)6-15(11)7-13(3)19(22)23)14-4-5-17-18(9-14)21-10-20-17/h4-10H,1-3H3,(H,20,21)(H,22,23)/b13-7+. The molecule has 0 radical (unpaired) electrons. The number of rotatable bonds is 3. The number of hydrogen-bond donors (Lipinski definition) is 2. The molecule has 0 amide bonds. The normalized spacial score (nSPS) is 11.9. The van der Waals surface area contributed by atoms with Crippen LogP contribution in [0.4, 0.5) is 0 Å². The fourth-order valence-corrected chi connectivity index (χ4v) is 2.70. The Hall–Kier alpha value is -2.88. The highest BCUT2D eigenvalue weighted by atomic mass is 16.4. The third kappa shape index (κ3) is 2.88. The lowest BCUT2D eigenvalue weighted by atomic mass is 9.94. The van der Waals surface area contributed by atoms with Crippen LogP contribution in [-0.4, -0.2) is 21.0 Å². The highest BCUT2D eigenvalue weighted by molar-refractivity contribution is 5.92. The molecule has 0 bridgehead atoms. The molecule has 3 rings (SSSR count). The number of aliphatic carboxylic acids is 1. The van der Waals surface area contributed by atoms with Gasteiger partial charge in [0.25, 0.3) is 0 Å². The molecule has 0 saturated carbocycles. The van der Waals surface area contributed by atoms with Crippen molar-refractivity contribution in [1.29, 1.82) is 0 Å². The van der Waals surface area contributed by atoms with E-state index in [1.807, 2.05) is 26.0 Å². The van der Waals surface area contributed by atoms with Gasteiger partial charge in [-0.3, -0.25) is 0 Å². The largest absolute Gasteiger partial charge is 0.478 e. The number of fused-ring (bicyclic) bond motifs is 1. The van der Waals surface area contributed by atoms with E-state index >= 15 is 0 Å². The first-order chi connectivity index (χ1) is 11.0. The first kappa shape index (κ1) is 15.0. The van der Waals surface area contributed by atoms with Gasteiger partial charge in [-0.25, -0.2) is 9.78 Å². The minimum atomic E-state index is -0.893. The molecule has 2 aromatic carbocycles. The summed E-state index contributed by atoms with van der Waals surface area (Å²) in [4.78, 5) is 18.4. The molecule has 4 nitrogen and oxygen atoms in total. The first-order valence-corrected chi connectivity index (χ1v) is 7.42. The molecule has 1 aromatic heterocycles. The van der Waals surface area contributed by atoms with Gasteiger partial charge in [-0.1, -0.05) is 18.2 Å². The van der Waals surface area contributed by atoms with Crippen LogP contribution in [0.15, 0.2) is 42.2 Å². The van der Waals surface area contributed by atoms with Crippen molar-refractivity contribution in [2.75, 3.05) is 0 Å². The van der Waals surface area contributed by atoms with Gasteiger partial charge in [0.15, 0.2) is 0 Å². The van der Waals surface area contributed by atoms with Crippen LogP contribution in [0.1, 0.15) is 23.6 Å². The Morgan fingerprint density at radius 1 is 1.17 bits per heavy atom. The summed E-state index contributed by atoms with van der Waals surface area (Å²) in [5.74, 6) is -0.893. The molecule has 4 heteroatoms. The molecule has 3 aromatic rings. The number of H-pyrrole nitrogens is 1. The van der Waals surface area contributed by atoms with Crippen LogP contribution in [0.25, 0.3) is 28.2 Å². The zero-order valence-corrected chi connectivity index (χ0v) is 13.3. The molecule has 2 N–H and O–H groups in total. The minimum Gasteiger partial charge on any atom is -0.478 e. The van der Waals surface area contributed by atoms with Crippen LogP contribution in [0, 0.1) is 13.8 Å². The number of aromatic nitrogens is 2. The SMILES string of the molecule is C/C(=C\c1cc(C)c(-c2ccc3nc[nH]c3c2)cc1C)C(=O)O. The van der Waals surface area contributed by atoms with Crippen LogP contribution in [-0.2, 0) is 4.79 Å². The Morgan fingerprint density at radius 3 is 2.70 bits per heavy atom. The van der Waals surface area contributed by atoms with Crippen LogP contribution < -0.4 is 0 Å². The number of nitrogens with zero attached hydrogens (tertiary/aromatic N) is 1. The molecule has 0 fully saturated rings. The summed E-state index contributed by atoms with van der Waals surface area (Å²) in [5.41, 5.74) is 7.64. The zero-order valence-electron chi connectivity index (χ0n) is 13.3. The maximum absolute atomic E-state index is 11.0. The predicted octanol–water partition coefficient (Wildman–Crippen LogP) is 4.33. The van der Waals surface area contributed by atoms with Crippen molar-refractivity contribution in [1.82, 2.24) is 9.97 Å². The van der Waals surface area contributed by atoms with E-state index in [0.29, 0.717) is 5.57 Å². The van der Waals surface area contributed by atoms with E-state index in [2.05, 4.69) is 28.2 Å². The van der Waals surface area contributed by atoms with Crippen molar-refractivity contribution in [2.24, 2.45) is 0 Å². The summed E-state index contributed by atoms with van der Waals surface area (Å²) in [7, 11) is 0. The summed E-state index contributed by atoms with van der Waals surface area (Å²) < 4.78 is 0. The molecule has 1 heterocycles. The number of aryl methyl sites for hydroxylation is 2. The number of carboxylic acids is 1. The summed E-state index contributed by atoms with van der Waals surface area (Å²) in [5, 5.41) is 9.04. The minimum absolute atomic E-state index is 0.333. The van der Waals surface area contributed by atoms with E-state index in [1.54, 1.807) is 19.3 Å². The second-order valence-corrected chi connectivity index (χ2v) is 5.79. The Bertz CT molecular complexity index is 936. The number of carbonyl (C=O) groups is 1. The third-order valence-electron chi connectivity index (χ3n) is 4.05. The fraction of sp³-hybridized carbons (Fsp3) is 0.158. The lowest BCUT2D eigenvalue weighted by molar-refractivity contribution is -0.132. The molecule has 0 aliphatic heterocycles. The van der Waals surface area contributed by atoms with Crippen LogP contribution >= 0.6 is 0 Å². The molecule has 0 unspecified atom stereocenters. The van der Waals surface area contributed by atoms with Gasteiger partial charge in [0.1, 0.15) is 0 Å². The van der Waals surface area contributed by atoms with Gasteiger partial charge in [0.2, 0.25) is 0 Å². The van der Waals surface area contributed by atoms with Gasteiger partial charge in [0, 0.05) is 5.57 Å². The highest BCUT2D eigenvalue weighted by Gasteiger charge is 2.08. The summed E-state index contributed by atoms with van der Waals surface area (Å²) in [6.45, 7) is 5.65. The van der Waals surface area contributed by atoms with Crippen molar-refractivity contribution in [2.45, 2.75) is 20.8 Å². The van der Waals surface area contributed by atoms with Crippen molar-refractivity contribution >= 4 is 23.1 Å². The van der Waals surface area contributed by atoms with E-state index in [4.69, 9.17) is 5.11 Å². The molecule has 116 valence electrons. The summed E-state index contributed by atoms with van der Waals surface area (Å²) in [6.07, 6.45) is 3.40. The Balaban J connectivity index is 2.09. The van der Waals surface area contributed by atoms with Gasteiger partial charge in [-0.15, -0.1) is 0 Å². The first-order valence-electron chi connectivity index (χ1n) is 7.42. The van der Waals surface area contributed by atoms with E-state index in [1.165, 1.54) is 0 Å². The lowest BCUT2D eigenvalue weighted by Crippen LogP contribution is -1.97. The quantitative estimate of drug-likeness (QED) is 0.708. The second kappa shape index (κ2) is 5.72. The van der Waals surface area contributed by atoms with Crippen LogP contribution in [0.2, 0.25) is 0 Å². The average Bonchev–Trinajstić information content (AvgIpc) is 2.97. The molecule has 0 aliphatic rings. The van der Waals surface area contributed by atoms with Gasteiger partial charge >= 0.3 is 5.97 Å². The number of aromatic amines is 1. The zero-order chi connectivity index (χ0) is 16.6. The number of benzene rings is 2. The van der Waals surface area contributed by atoms with Gasteiger partial charge in [-0.2, -0.15) is 0 Å². The topological polar surface area (TPSA) is 66.0 Å². The lowest BCUT2D eigenvalue weighted by Gasteiger charge is -2.11.